The molecular formula is C28H25Cl2N3O3. The number of aryl methyl sites for hydroxylation is 1. The van der Waals surface area contributed by atoms with Crippen LogP contribution >= 0.6 is 23.2 Å². The number of hydrogen-bond donors (Lipinski definition) is 2. The van der Waals surface area contributed by atoms with Gasteiger partial charge in [-0.2, -0.15) is 5.10 Å². The molecule has 0 saturated heterocycles. The van der Waals surface area contributed by atoms with Gasteiger partial charge in [-0.1, -0.05) is 34.8 Å². The Hall–Kier alpha value is -3.61. The quantitative estimate of drug-likeness (QED) is 0.208. The number of nitrogens with zero attached hydrogens (tertiary/aromatic N) is 2. The molecule has 0 aliphatic heterocycles. The second-order valence-electron chi connectivity index (χ2n) is 8.69. The van der Waals surface area contributed by atoms with Crippen LogP contribution in [0.2, 0.25) is 10.0 Å². The van der Waals surface area contributed by atoms with Crippen molar-refractivity contribution in [2.45, 2.75) is 33.8 Å². The fourth-order valence-corrected chi connectivity index (χ4v) is 4.24. The number of phenols is 1. The van der Waals surface area contributed by atoms with E-state index in [-0.39, 0.29) is 16.9 Å². The number of aromatic nitrogens is 1. The number of halogens is 2. The van der Waals surface area contributed by atoms with Gasteiger partial charge >= 0.3 is 0 Å². The minimum atomic E-state index is -0.416. The molecule has 1 heterocycles. The molecule has 6 nitrogen and oxygen atoms in total. The Morgan fingerprint density at radius 3 is 2.44 bits per heavy atom. The summed E-state index contributed by atoms with van der Waals surface area (Å²) < 4.78 is 5.73. The van der Waals surface area contributed by atoms with Gasteiger partial charge in [-0.05, 0) is 82.3 Å². The van der Waals surface area contributed by atoms with Gasteiger partial charge in [0.2, 0.25) is 0 Å². The first kappa shape index (κ1) is 25.5. The number of fused-ring (bicyclic) bond motifs is 1. The van der Waals surface area contributed by atoms with Gasteiger partial charge in [0.1, 0.15) is 11.5 Å². The van der Waals surface area contributed by atoms with Crippen molar-refractivity contribution in [3.05, 3.63) is 87.4 Å². The van der Waals surface area contributed by atoms with E-state index in [0.29, 0.717) is 38.5 Å². The molecule has 4 aromatic rings. The lowest BCUT2D eigenvalue weighted by atomic mass is 10.0. The van der Waals surface area contributed by atoms with Crippen LogP contribution in [0.5, 0.6) is 11.5 Å². The van der Waals surface area contributed by atoms with E-state index in [1.54, 1.807) is 13.0 Å². The molecule has 184 valence electrons. The second kappa shape index (κ2) is 10.6. The van der Waals surface area contributed by atoms with Crippen molar-refractivity contribution in [2.24, 2.45) is 5.10 Å². The SMILES string of the molecule is C/C(=N/NC(=O)c1cc(-c2ccc(OC(C)C)cc2)nc2ccc(C)cc12)c1cc(Cl)cc(Cl)c1O. The lowest BCUT2D eigenvalue weighted by Crippen LogP contribution is -2.20. The van der Waals surface area contributed by atoms with Crippen molar-refractivity contribution in [1.82, 2.24) is 10.4 Å². The van der Waals surface area contributed by atoms with E-state index < -0.39 is 5.91 Å². The normalized spacial score (nSPS) is 11.7. The van der Waals surface area contributed by atoms with Crippen molar-refractivity contribution >= 4 is 45.7 Å². The molecule has 0 aliphatic carbocycles. The number of amides is 1. The van der Waals surface area contributed by atoms with Gasteiger partial charge in [-0.3, -0.25) is 4.79 Å². The molecule has 0 radical (unpaired) electrons. The molecule has 0 bridgehead atoms. The third kappa shape index (κ3) is 5.61. The van der Waals surface area contributed by atoms with Crippen LogP contribution in [0.1, 0.15) is 42.3 Å². The highest BCUT2D eigenvalue weighted by Crippen LogP contribution is 2.32. The van der Waals surface area contributed by atoms with Crippen LogP contribution in [-0.4, -0.2) is 27.8 Å². The molecule has 0 atom stereocenters. The van der Waals surface area contributed by atoms with E-state index >= 15 is 0 Å². The van der Waals surface area contributed by atoms with Gasteiger partial charge in [-0.15, -0.1) is 0 Å². The molecule has 8 heteroatoms. The second-order valence-corrected chi connectivity index (χ2v) is 9.53. The number of pyridine rings is 1. The smallest absolute Gasteiger partial charge is 0.272 e. The average molecular weight is 522 g/mol. The Labute approximate surface area is 219 Å². The molecule has 2 N–H and O–H groups in total. The Morgan fingerprint density at radius 1 is 1.03 bits per heavy atom. The largest absolute Gasteiger partial charge is 0.506 e. The summed E-state index contributed by atoms with van der Waals surface area (Å²) in [5.41, 5.74) is 6.86. The highest BCUT2D eigenvalue weighted by Gasteiger charge is 2.16. The van der Waals surface area contributed by atoms with Crippen LogP contribution in [0, 0.1) is 6.92 Å². The topological polar surface area (TPSA) is 83.8 Å². The molecule has 0 spiro atoms. The average Bonchev–Trinajstić information content (AvgIpc) is 2.84. The van der Waals surface area contributed by atoms with E-state index in [1.807, 2.05) is 63.2 Å². The number of carbonyl (C=O) groups excluding carboxylic acids is 1. The van der Waals surface area contributed by atoms with Gasteiger partial charge in [0.25, 0.3) is 5.91 Å². The van der Waals surface area contributed by atoms with Crippen LogP contribution in [0.25, 0.3) is 22.2 Å². The van der Waals surface area contributed by atoms with Crippen LogP contribution < -0.4 is 10.2 Å². The number of hydrazone groups is 1. The molecule has 1 amide bonds. The number of carbonyl (C=O) groups is 1. The standard InChI is InChI=1S/C28H25Cl2N3O3/c1-15(2)36-20-8-6-18(7-9-20)26-14-23(22-11-16(3)5-10-25(22)31-26)28(35)33-32-17(4)21-12-19(29)13-24(30)27(21)34/h5-15,34H,1-4H3,(H,33,35)/b32-17-. The summed E-state index contributed by atoms with van der Waals surface area (Å²) in [5, 5.41) is 15.6. The van der Waals surface area contributed by atoms with Gasteiger partial charge in [0, 0.05) is 21.5 Å². The highest BCUT2D eigenvalue weighted by molar-refractivity contribution is 6.36. The van der Waals surface area contributed by atoms with E-state index in [2.05, 4.69) is 10.5 Å². The van der Waals surface area contributed by atoms with Gasteiger partial charge in [0.05, 0.1) is 33.6 Å². The number of aromatic hydroxyl groups is 1. The summed E-state index contributed by atoms with van der Waals surface area (Å²) in [6.45, 7) is 7.54. The predicted molar refractivity (Wildman–Crippen MR) is 145 cm³/mol. The summed E-state index contributed by atoms with van der Waals surface area (Å²) in [6.07, 6.45) is 0.0713. The predicted octanol–water partition coefficient (Wildman–Crippen LogP) is 7.16. The van der Waals surface area contributed by atoms with E-state index in [1.165, 1.54) is 12.1 Å². The van der Waals surface area contributed by atoms with Crippen LogP contribution in [-0.2, 0) is 0 Å². The third-order valence-corrected chi connectivity index (χ3v) is 5.98. The Morgan fingerprint density at radius 2 is 1.75 bits per heavy atom. The summed E-state index contributed by atoms with van der Waals surface area (Å²) in [6, 6.07) is 18.1. The maximum Gasteiger partial charge on any atom is 0.272 e. The number of nitrogens with one attached hydrogen (secondary N) is 1. The third-order valence-electron chi connectivity index (χ3n) is 5.47. The van der Waals surface area contributed by atoms with Crippen LogP contribution in [0.4, 0.5) is 0 Å². The monoisotopic (exact) mass is 521 g/mol. The zero-order valence-corrected chi connectivity index (χ0v) is 21.8. The van der Waals surface area contributed by atoms with Crippen LogP contribution in [0.3, 0.4) is 0 Å². The van der Waals surface area contributed by atoms with Gasteiger partial charge in [0.15, 0.2) is 0 Å². The fourth-order valence-electron chi connectivity index (χ4n) is 3.75. The van der Waals surface area contributed by atoms with Crippen molar-refractivity contribution in [3.63, 3.8) is 0 Å². The van der Waals surface area contributed by atoms with Crippen molar-refractivity contribution in [1.29, 1.82) is 0 Å². The molecule has 0 fully saturated rings. The number of phenolic OH excluding ortho intramolecular Hbond substituents is 1. The molecule has 3 aromatic carbocycles. The maximum atomic E-state index is 13.3. The fraction of sp³-hybridized carbons (Fsp3) is 0.179. The van der Waals surface area contributed by atoms with Gasteiger partial charge < -0.3 is 9.84 Å². The Balaban J connectivity index is 1.71. The molecule has 0 unspecified atom stereocenters. The zero-order valence-electron chi connectivity index (χ0n) is 20.3. The van der Waals surface area contributed by atoms with Gasteiger partial charge in [-0.25, -0.2) is 10.4 Å². The first-order valence-corrected chi connectivity index (χ1v) is 12.1. The number of ether oxygens (including phenoxy) is 1. The molecule has 0 saturated carbocycles. The first-order chi connectivity index (χ1) is 17.1. The number of rotatable bonds is 6. The lowest BCUT2D eigenvalue weighted by molar-refractivity contribution is 0.0956. The summed E-state index contributed by atoms with van der Waals surface area (Å²) >= 11 is 12.1. The molecule has 1 aromatic heterocycles. The summed E-state index contributed by atoms with van der Waals surface area (Å²) in [7, 11) is 0. The minimum Gasteiger partial charge on any atom is -0.506 e. The zero-order chi connectivity index (χ0) is 26.0. The van der Waals surface area contributed by atoms with E-state index in [4.69, 9.17) is 32.9 Å². The lowest BCUT2D eigenvalue weighted by Gasteiger charge is -2.12. The summed E-state index contributed by atoms with van der Waals surface area (Å²) in [5.74, 6) is 0.187. The minimum absolute atomic E-state index is 0.0713. The van der Waals surface area contributed by atoms with E-state index in [9.17, 15) is 9.90 Å². The van der Waals surface area contributed by atoms with Crippen molar-refractivity contribution < 1.29 is 14.6 Å². The molecule has 36 heavy (non-hydrogen) atoms. The van der Waals surface area contributed by atoms with Crippen molar-refractivity contribution in [2.75, 3.05) is 0 Å². The van der Waals surface area contributed by atoms with Crippen LogP contribution in [0.15, 0.2) is 65.8 Å². The molecule has 0 aliphatic rings. The van der Waals surface area contributed by atoms with E-state index in [0.717, 1.165) is 16.9 Å². The number of benzene rings is 3. The molecular weight excluding hydrogens is 497 g/mol. The highest BCUT2D eigenvalue weighted by atomic mass is 35.5. The van der Waals surface area contributed by atoms with Crippen molar-refractivity contribution in [3.8, 4) is 22.8 Å². The summed E-state index contributed by atoms with van der Waals surface area (Å²) in [4.78, 5) is 18.1. The Kier molecular flexibility index (Phi) is 7.48. The maximum absolute atomic E-state index is 13.3. The molecule has 4 rings (SSSR count). The first-order valence-electron chi connectivity index (χ1n) is 11.3. The Bertz CT molecular complexity index is 1480. The number of hydrogen-bond acceptors (Lipinski definition) is 5.